The van der Waals surface area contributed by atoms with E-state index >= 15 is 0 Å². The molecule has 0 aromatic heterocycles. The Morgan fingerprint density at radius 3 is 2.41 bits per heavy atom. The molecule has 1 aliphatic carbocycles. The first-order valence-electron chi connectivity index (χ1n) is 7.27. The smallest absolute Gasteiger partial charge is 0.00979 e. The van der Waals surface area contributed by atoms with Gasteiger partial charge in [0.1, 0.15) is 0 Å². The fourth-order valence-electron chi connectivity index (χ4n) is 3.18. The molecule has 1 nitrogen and oxygen atoms in total. The molecule has 1 saturated carbocycles. The Balaban J connectivity index is 2.00. The van der Waals surface area contributed by atoms with Crippen molar-refractivity contribution in [3.8, 4) is 0 Å². The molecule has 0 aromatic rings. The van der Waals surface area contributed by atoms with Crippen molar-refractivity contribution < 1.29 is 0 Å². The number of thioether (sulfide) groups is 1. The van der Waals surface area contributed by atoms with Crippen LogP contribution in [0, 0.1) is 11.3 Å². The number of unbranched alkanes of at least 4 members (excludes halogenated alkanes) is 3. The average Bonchev–Trinajstić information content (AvgIpc) is 2.51. The second kappa shape index (κ2) is 7.68. The van der Waals surface area contributed by atoms with Crippen molar-refractivity contribution in [1.82, 2.24) is 5.32 Å². The first-order valence-corrected chi connectivity index (χ1v) is 8.67. The van der Waals surface area contributed by atoms with Gasteiger partial charge in [-0.1, -0.05) is 33.6 Å². The summed E-state index contributed by atoms with van der Waals surface area (Å²) in [4.78, 5) is 0. The topological polar surface area (TPSA) is 12.0 Å². The third-order valence-electron chi connectivity index (χ3n) is 4.02. The van der Waals surface area contributed by atoms with E-state index in [1.807, 2.05) is 11.8 Å². The van der Waals surface area contributed by atoms with Crippen molar-refractivity contribution >= 4 is 11.8 Å². The Hall–Kier alpha value is 0.310. The molecule has 2 atom stereocenters. The molecule has 2 unspecified atom stereocenters. The van der Waals surface area contributed by atoms with Crippen molar-refractivity contribution in [3.05, 3.63) is 0 Å². The summed E-state index contributed by atoms with van der Waals surface area (Å²) in [5, 5.41) is 3.77. The lowest BCUT2D eigenvalue weighted by Crippen LogP contribution is -2.32. The summed E-state index contributed by atoms with van der Waals surface area (Å²) in [6, 6.07) is 0.774. The van der Waals surface area contributed by atoms with Crippen LogP contribution >= 0.6 is 11.8 Å². The van der Waals surface area contributed by atoms with E-state index in [0.29, 0.717) is 5.41 Å². The number of hydrogen-bond acceptors (Lipinski definition) is 2. The maximum Gasteiger partial charge on any atom is 0.00979 e. The van der Waals surface area contributed by atoms with Gasteiger partial charge in [-0.25, -0.2) is 0 Å². The van der Waals surface area contributed by atoms with Crippen LogP contribution < -0.4 is 5.32 Å². The van der Waals surface area contributed by atoms with Crippen molar-refractivity contribution in [2.45, 2.75) is 65.3 Å². The Labute approximate surface area is 113 Å². The lowest BCUT2D eigenvalue weighted by Gasteiger charge is -2.18. The summed E-state index contributed by atoms with van der Waals surface area (Å²) in [6.07, 6.45) is 10.5. The molecule has 1 aliphatic rings. The summed E-state index contributed by atoms with van der Waals surface area (Å²) in [5.41, 5.74) is 0.565. The number of rotatable bonds is 8. The van der Waals surface area contributed by atoms with Crippen LogP contribution in [0.25, 0.3) is 0 Å². The molecule has 0 aliphatic heterocycles. The van der Waals surface area contributed by atoms with Gasteiger partial charge in [-0.2, -0.15) is 11.8 Å². The minimum atomic E-state index is 0.565. The SMILES string of the molecule is CSCCCCCCNC1CC(C)(C)CC1C. The van der Waals surface area contributed by atoms with E-state index in [2.05, 4.69) is 32.3 Å². The van der Waals surface area contributed by atoms with Gasteiger partial charge in [0.25, 0.3) is 0 Å². The maximum absolute atomic E-state index is 3.77. The normalized spacial score (nSPS) is 27.5. The van der Waals surface area contributed by atoms with Crippen molar-refractivity contribution in [1.29, 1.82) is 0 Å². The van der Waals surface area contributed by atoms with Crippen LogP contribution in [0.15, 0.2) is 0 Å². The summed E-state index contributed by atoms with van der Waals surface area (Å²) < 4.78 is 0. The van der Waals surface area contributed by atoms with E-state index < -0.39 is 0 Å². The highest BCUT2D eigenvalue weighted by atomic mass is 32.2. The lowest BCUT2D eigenvalue weighted by atomic mass is 9.91. The molecular formula is C15H31NS. The van der Waals surface area contributed by atoms with E-state index in [1.54, 1.807) is 0 Å². The van der Waals surface area contributed by atoms with Gasteiger partial charge in [0.05, 0.1) is 0 Å². The van der Waals surface area contributed by atoms with E-state index in [0.717, 1.165) is 12.0 Å². The van der Waals surface area contributed by atoms with Gasteiger partial charge in [-0.3, -0.25) is 0 Å². The highest BCUT2D eigenvalue weighted by Gasteiger charge is 2.35. The predicted octanol–water partition coefficient (Wildman–Crippen LogP) is 4.32. The molecule has 2 heteroatoms. The highest BCUT2D eigenvalue weighted by Crippen LogP contribution is 2.40. The van der Waals surface area contributed by atoms with E-state index in [1.165, 1.54) is 50.8 Å². The van der Waals surface area contributed by atoms with E-state index in [4.69, 9.17) is 0 Å². The molecule has 1 N–H and O–H groups in total. The van der Waals surface area contributed by atoms with Gasteiger partial charge in [-0.15, -0.1) is 0 Å². The molecule has 0 saturated heterocycles. The summed E-state index contributed by atoms with van der Waals surface area (Å²) in [7, 11) is 0. The first-order chi connectivity index (χ1) is 8.05. The van der Waals surface area contributed by atoms with Gasteiger partial charge < -0.3 is 5.32 Å². The van der Waals surface area contributed by atoms with Gasteiger partial charge in [0.2, 0.25) is 0 Å². The molecule has 0 aromatic carbocycles. The summed E-state index contributed by atoms with van der Waals surface area (Å²) >= 11 is 1.97. The fourth-order valence-corrected chi connectivity index (χ4v) is 3.67. The van der Waals surface area contributed by atoms with E-state index in [9.17, 15) is 0 Å². The number of nitrogens with one attached hydrogen (secondary N) is 1. The molecule has 1 rings (SSSR count). The lowest BCUT2D eigenvalue weighted by molar-refractivity contribution is 0.361. The largest absolute Gasteiger partial charge is 0.314 e. The molecule has 102 valence electrons. The molecular weight excluding hydrogens is 226 g/mol. The van der Waals surface area contributed by atoms with E-state index in [-0.39, 0.29) is 0 Å². The Morgan fingerprint density at radius 2 is 1.82 bits per heavy atom. The van der Waals surface area contributed by atoms with Crippen LogP contribution in [0.2, 0.25) is 0 Å². The first kappa shape index (κ1) is 15.4. The van der Waals surface area contributed by atoms with Crippen LogP contribution in [0.1, 0.15) is 59.3 Å². The van der Waals surface area contributed by atoms with Gasteiger partial charge in [0, 0.05) is 6.04 Å². The van der Waals surface area contributed by atoms with Crippen LogP contribution in [0.4, 0.5) is 0 Å². The Morgan fingerprint density at radius 1 is 1.12 bits per heavy atom. The molecule has 0 bridgehead atoms. The standard InChI is InChI=1S/C15H31NS/c1-13-11-15(2,3)12-14(13)16-9-7-5-6-8-10-17-4/h13-14,16H,5-12H2,1-4H3. The summed E-state index contributed by atoms with van der Waals surface area (Å²) in [5.74, 6) is 2.20. The predicted molar refractivity (Wildman–Crippen MR) is 80.8 cm³/mol. The second-order valence-corrected chi connectivity index (χ2v) is 7.50. The minimum absolute atomic E-state index is 0.565. The van der Waals surface area contributed by atoms with Crippen LogP contribution in [-0.2, 0) is 0 Å². The minimum Gasteiger partial charge on any atom is -0.314 e. The van der Waals surface area contributed by atoms with Gasteiger partial charge in [0.15, 0.2) is 0 Å². The maximum atomic E-state index is 3.77. The van der Waals surface area contributed by atoms with Gasteiger partial charge >= 0.3 is 0 Å². The fraction of sp³-hybridized carbons (Fsp3) is 1.00. The zero-order valence-corrected chi connectivity index (χ0v) is 13.0. The Bertz CT molecular complexity index is 203. The third-order valence-corrected chi connectivity index (χ3v) is 4.71. The molecule has 1 fully saturated rings. The summed E-state index contributed by atoms with van der Waals surface area (Å²) in [6.45, 7) is 8.45. The van der Waals surface area contributed by atoms with Crippen molar-refractivity contribution in [2.75, 3.05) is 18.6 Å². The monoisotopic (exact) mass is 257 g/mol. The zero-order valence-electron chi connectivity index (χ0n) is 12.2. The quantitative estimate of drug-likeness (QED) is 0.650. The van der Waals surface area contributed by atoms with Crippen molar-refractivity contribution in [2.24, 2.45) is 11.3 Å². The van der Waals surface area contributed by atoms with Crippen LogP contribution in [0.5, 0.6) is 0 Å². The highest BCUT2D eigenvalue weighted by molar-refractivity contribution is 7.98. The molecule has 0 heterocycles. The molecule has 0 radical (unpaired) electrons. The average molecular weight is 257 g/mol. The second-order valence-electron chi connectivity index (χ2n) is 6.52. The zero-order chi connectivity index (χ0) is 12.7. The van der Waals surface area contributed by atoms with Crippen LogP contribution in [0.3, 0.4) is 0 Å². The van der Waals surface area contributed by atoms with Gasteiger partial charge in [-0.05, 0) is 55.6 Å². The van der Waals surface area contributed by atoms with Crippen molar-refractivity contribution in [3.63, 3.8) is 0 Å². The Kier molecular flexibility index (Phi) is 6.94. The molecule has 0 spiro atoms. The molecule has 17 heavy (non-hydrogen) atoms. The molecule has 0 amide bonds. The third kappa shape index (κ3) is 6.15. The van der Waals surface area contributed by atoms with Crippen LogP contribution in [-0.4, -0.2) is 24.6 Å². The number of hydrogen-bond donors (Lipinski definition) is 1.